The highest BCUT2D eigenvalue weighted by atomic mass is 16.6. The van der Waals surface area contributed by atoms with Crippen molar-refractivity contribution < 1.29 is 18.6 Å². The van der Waals surface area contributed by atoms with Crippen LogP contribution in [0.1, 0.15) is 5.69 Å². The molecular weight excluding hydrogens is 358 g/mol. The van der Waals surface area contributed by atoms with Crippen molar-refractivity contribution in [2.45, 2.75) is 6.92 Å². The van der Waals surface area contributed by atoms with E-state index in [2.05, 4.69) is 15.2 Å². The number of hydrogen-bond acceptors (Lipinski definition) is 6. The third-order valence-corrected chi connectivity index (χ3v) is 4.20. The Morgan fingerprint density at radius 1 is 0.857 bits per heavy atom. The molecule has 0 spiro atoms. The van der Waals surface area contributed by atoms with E-state index < -0.39 is 0 Å². The lowest BCUT2D eigenvalue weighted by Crippen LogP contribution is -1.86. The summed E-state index contributed by atoms with van der Waals surface area (Å²) >= 11 is 0. The topological polar surface area (TPSA) is 82.4 Å². The van der Waals surface area contributed by atoms with E-state index in [1.807, 2.05) is 55.5 Å². The smallest absolute Gasteiger partial charge is 0.401 e. The average Bonchev–Trinajstić information content (AvgIpc) is 3.34. The number of methoxy groups -OCH3 is 2. The van der Waals surface area contributed by atoms with Crippen LogP contribution in [0.2, 0.25) is 0 Å². The van der Waals surface area contributed by atoms with Crippen molar-refractivity contribution in [1.82, 2.24) is 15.2 Å². The van der Waals surface area contributed by atoms with E-state index >= 15 is 0 Å². The maximum absolute atomic E-state index is 5.94. The molecule has 0 saturated heterocycles. The summed E-state index contributed by atoms with van der Waals surface area (Å²) in [5.41, 5.74) is 3.28. The van der Waals surface area contributed by atoms with Gasteiger partial charge >= 0.3 is 6.08 Å². The standard InChI is InChI=1S/C21H19N3O4/c1-13-12-18(24-23-13)27-21-22-19(14-4-8-16(25-2)9-5-14)20(28-21)15-6-10-17(26-3)11-7-15/h4-12H,1-3H3,(H,23,24). The minimum atomic E-state index is 0.114. The largest absolute Gasteiger partial charge is 0.497 e. The number of aryl methyl sites for hydroxylation is 1. The van der Waals surface area contributed by atoms with Crippen molar-refractivity contribution in [3.8, 4) is 46.0 Å². The molecule has 0 aliphatic carbocycles. The van der Waals surface area contributed by atoms with Crippen molar-refractivity contribution in [3.05, 3.63) is 60.3 Å². The summed E-state index contributed by atoms with van der Waals surface area (Å²) in [5, 5.41) is 6.89. The van der Waals surface area contributed by atoms with E-state index in [0.29, 0.717) is 17.3 Å². The summed E-state index contributed by atoms with van der Waals surface area (Å²) in [6.07, 6.45) is 0.114. The maximum Gasteiger partial charge on any atom is 0.401 e. The number of aromatic amines is 1. The molecule has 0 aliphatic rings. The third kappa shape index (κ3) is 3.55. The zero-order chi connectivity index (χ0) is 19.5. The lowest BCUT2D eigenvalue weighted by molar-refractivity contribution is 0.325. The number of benzene rings is 2. The number of nitrogens with one attached hydrogen (secondary N) is 1. The van der Waals surface area contributed by atoms with Gasteiger partial charge in [0.15, 0.2) is 5.76 Å². The number of oxazole rings is 1. The SMILES string of the molecule is COc1ccc(-c2nc(Oc3cc(C)[nH]n3)oc2-c2ccc(OC)cc2)cc1. The van der Waals surface area contributed by atoms with Gasteiger partial charge in [-0.1, -0.05) is 0 Å². The van der Waals surface area contributed by atoms with Crippen LogP contribution in [0.15, 0.2) is 59.0 Å². The number of rotatable bonds is 6. The average molecular weight is 377 g/mol. The molecule has 2 heterocycles. The highest BCUT2D eigenvalue weighted by Gasteiger charge is 2.19. The number of aromatic nitrogens is 3. The maximum atomic E-state index is 5.94. The molecule has 4 rings (SSSR count). The van der Waals surface area contributed by atoms with Gasteiger partial charge in [0.2, 0.25) is 5.88 Å². The van der Waals surface area contributed by atoms with Crippen LogP contribution in [0.4, 0.5) is 0 Å². The Morgan fingerprint density at radius 3 is 2.00 bits per heavy atom. The van der Waals surface area contributed by atoms with E-state index in [1.165, 1.54) is 0 Å². The molecule has 7 heteroatoms. The number of hydrogen-bond donors (Lipinski definition) is 1. The first-order chi connectivity index (χ1) is 13.7. The minimum absolute atomic E-state index is 0.114. The van der Waals surface area contributed by atoms with Crippen molar-refractivity contribution in [3.63, 3.8) is 0 Å². The lowest BCUT2D eigenvalue weighted by Gasteiger charge is -2.04. The first kappa shape index (κ1) is 17.7. The van der Waals surface area contributed by atoms with Crippen LogP contribution < -0.4 is 14.2 Å². The Balaban J connectivity index is 1.76. The van der Waals surface area contributed by atoms with Gasteiger partial charge in [-0.3, -0.25) is 5.10 Å². The van der Waals surface area contributed by atoms with Crippen molar-refractivity contribution in [2.75, 3.05) is 14.2 Å². The highest BCUT2D eigenvalue weighted by Crippen LogP contribution is 2.37. The zero-order valence-corrected chi connectivity index (χ0v) is 15.7. The molecule has 0 amide bonds. The van der Waals surface area contributed by atoms with E-state index in [1.54, 1.807) is 20.3 Å². The van der Waals surface area contributed by atoms with E-state index in [9.17, 15) is 0 Å². The van der Waals surface area contributed by atoms with Crippen LogP contribution in [0.25, 0.3) is 22.6 Å². The van der Waals surface area contributed by atoms with Gasteiger partial charge < -0.3 is 18.6 Å². The van der Waals surface area contributed by atoms with Crippen LogP contribution in [0, 0.1) is 6.92 Å². The molecule has 7 nitrogen and oxygen atoms in total. The van der Waals surface area contributed by atoms with Gasteiger partial charge in [0.25, 0.3) is 0 Å². The van der Waals surface area contributed by atoms with Crippen molar-refractivity contribution >= 4 is 0 Å². The fourth-order valence-corrected chi connectivity index (χ4v) is 2.76. The second-order valence-electron chi connectivity index (χ2n) is 6.11. The van der Waals surface area contributed by atoms with Gasteiger partial charge in [0.05, 0.1) is 14.2 Å². The molecule has 0 unspecified atom stereocenters. The zero-order valence-electron chi connectivity index (χ0n) is 15.7. The van der Waals surface area contributed by atoms with Crippen LogP contribution in [0.5, 0.6) is 23.5 Å². The fourth-order valence-electron chi connectivity index (χ4n) is 2.76. The summed E-state index contributed by atoms with van der Waals surface area (Å²) in [7, 11) is 3.26. The van der Waals surface area contributed by atoms with Crippen LogP contribution in [-0.2, 0) is 0 Å². The van der Waals surface area contributed by atoms with Gasteiger partial charge in [0, 0.05) is 22.9 Å². The van der Waals surface area contributed by atoms with Crippen molar-refractivity contribution in [1.29, 1.82) is 0 Å². The first-order valence-corrected chi connectivity index (χ1v) is 8.66. The fraction of sp³-hybridized carbons (Fsp3) is 0.143. The predicted octanol–water partition coefficient (Wildman–Crippen LogP) is 4.85. The van der Waals surface area contributed by atoms with E-state index in [4.69, 9.17) is 18.6 Å². The molecule has 1 N–H and O–H groups in total. The molecule has 0 bridgehead atoms. The molecule has 0 atom stereocenters. The first-order valence-electron chi connectivity index (χ1n) is 8.66. The summed E-state index contributed by atoms with van der Waals surface area (Å²) in [6.45, 7) is 1.89. The molecule has 0 radical (unpaired) electrons. The molecule has 28 heavy (non-hydrogen) atoms. The summed E-state index contributed by atoms with van der Waals surface area (Å²) in [5.74, 6) is 2.51. The Morgan fingerprint density at radius 2 is 1.46 bits per heavy atom. The molecular formula is C21H19N3O4. The Labute approximate surface area is 161 Å². The number of H-pyrrole nitrogens is 1. The van der Waals surface area contributed by atoms with Crippen LogP contribution in [0.3, 0.4) is 0 Å². The van der Waals surface area contributed by atoms with Gasteiger partial charge in [-0.2, -0.15) is 4.98 Å². The summed E-state index contributed by atoms with van der Waals surface area (Å²) in [4.78, 5) is 4.54. The number of nitrogens with zero attached hydrogens (tertiary/aromatic N) is 2. The van der Waals surface area contributed by atoms with Gasteiger partial charge in [0.1, 0.15) is 17.2 Å². The second kappa shape index (κ2) is 7.48. The quantitative estimate of drug-likeness (QED) is 0.517. The predicted molar refractivity (Wildman–Crippen MR) is 104 cm³/mol. The molecule has 0 fully saturated rings. The van der Waals surface area contributed by atoms with Crippen LogP contribution in [-0.4, -0.2) is 29.4 Å². The van der Waals surface area contributed by atoms with E-state index in [-0.39, 0.29) is 6.08 Å². The second-order valence-corrected chi connectivity index (χ2v) is 6.11. The Kier molecular flexibility index (Phi) is 4.72. The van der Waals surface area contributed by atoms with Crippen molar-refractivity contribution in [2.24, 2.45) is 0 Å². The number of ether oxygens (including phenoxy) is 3. The molecule has 4 aromatic rings. The van der Waals surface area contributed by atoms with Gasteiger partial charge in [-0.05, 0) is 55.5 Å². The minimum Gasteiger partial charge on any atom is -0.497 e. The van der Waals surface area contributed by atoms with E-state index in [0.717, 1.165) is 28.3 Å². The van der Waals surface area contributed by atoms with Crippen LogP contribution >= 0.6 is 0 Å². The molecule has 2 aromatic heterocycles. The summed E-state index contributed by atoms with van der Waals surface area (Å²) < 4.78 is 22.1. The normalized spacial score (nSPS) is 10.7. The van der Waals surface area contributed by atoms with Gasteiger partial charge in [-0.25, -0.2) is 0 Å². The molecule has 0 aliphatic heterocycles. The van der Waals surface area contributed by atoms with Gasteiger partial charge in [-0.15, -0.1) is 5.10 Å². The summed E-state index contributed by atoms with van der Waals surface area (Å²) in [6, 6.07) is 16.9. The molecule has 142 valence electrons. The Hall–Kier alpha value is -3.74. The Bertz CT molecular complexity index is 1000. The molecule has 2 aromatic carbocycles. The third-order valence-electron chi connectivity index (χ3n) is 4.20. The monoisotopic (exact) mass is 377 g/mol. The highest BCUT2D eigenvalue weighted by molar-refractivity contribution is 5.77. The molecule has 0 saturated carbocycles. The lowest BCUT2D eigenvalue weighted by atomic mass is 10.1.